The second kappa shape index (κ2) is 5.56. The standard InChI is InChI=1S/C11H13BrN2O4S/c12-8-4-5-10(13-7-8)19(17,18)14-6-2-1-3-9(14)11(15)16/h4-5,7,9H,1-3,6H2,(H,15,16). The highest BCUT2D eigenvalue weighted by atomic mass is 79.9. The van der Waals surface area contributed by atoms with E-state index in [0.29, 0.717) is 17.3 Å². The number of carbonyl (C=O) groups is 1. The van der Waals surface area contributed by atoms with Crippen LogP contribution in [0.1, 0.15) is 19.3 Å². The van der Waals surface area contributed by atoms with E-state index in [4.69, 9.17) is 5.11 Å². The Hall–Kier alpha value is -0.990. The van der Waals surface area contributed by atoms with E-state index in [0.717, 1.165) is 10.7 Å². The Balaban J connectivity index is 2.37. The molecule has 1 aromatic rings. The van der Waals surface area contributed by atoms with Crippen molar-refractivity contribution in [3.05, 3.63) is 22.8 Å². The van der Waals surface area contributed by atoms with Crippen LogP contribution in [0.3, 0.4) is 0 Å². The van der Waals surface area contributed by atoms with E-state index >= 15 is 0 Å². The quantitative estimate of drug-likeness (QED) is 0.893. The zero-order chi connectivity index (χ0) is 14.0. The molecule has 2 rings (SSSR count). The molecule has 8 heteroatoms. The Labute approximate surface area is 119 Å². The fraction of sp³-hybridized carbons (Fsp3) is 0.455. The van der Waals surface area contributed by atoms with E-state index in [1.807, 2.05) is 0 Å². The van der Waals surface area contributed by atoms with Gasteiger partial charge in [0.15, 0.2) is 5.03 Å². The van der Waals surface area contributed by atoms with E-state index in [9.17, 15) is 13.2 Å². The summed E-state index contributed by atoms with van der Waals surface area (Å²) >= 11 is 3.18. The lowest BCUT2D eigenvalue weighted by Crippen LogP contribution is -2.48. The maximum absolute atomic E-state index is 12.4. The molecule has 0 aromatic carbocycles. The number of nitrogens with zero attached hydrogens (tertiary/aromatic N) is 2. The summed E-state index contributed by atoms with van der Waals surface area (Å²) in [5.41, 5.74) is 0. The molecule has 2 heterocycles. The van der Waals surface area contributed by atoms with Gasteiger partial charge in [0.1, 0.15) is 6.04 Å². The van der Waals surface area contributed by atoms with Crippen molar-refractivity contribution in [2.75, 3.05) is 6.54 Å². The average molecular weight is 349 g/mol. The van der Waals surface area contributed by atoms with Crippen LogP contribution in [0.2, 0.25) is 0 Å². The first-order valence-corrected chi connectivity index (χ1v) is 8.02. The summed E-state index contributed by atoms with van der Waals surface area (Å²) in [6.45, 7) is 0.219. The fourth-order valence-corrected chi connectivity index (χ4v) is 3.88. The van der Waals surface area contributed by atoms with Crippen molar-refractivity contribution >= 4 is 31.9 Å². The van der Waals surface area contributed by atoms with Crippen LogP contribution in [-0.2, 0) is 14.8 Å². The molecule has 0 spiro atoms. The van der Waals surface area contributed by atoms with E-state index < -0.39 is 22.0 Å². The van der Waals surface area contributed by atoms with Crippen molar-refractivity contribution in [1.29, 1.82) is 0 Å². The van der Waals surface area contributed by atoms with Gasteiger partial charge in [-0.3, -0.25) is 4.79 Å². The highest BCUT2D eigenvalue weighted by molar-refractivity contribution is 9.10. The van der Waals surface area contributed by atoms with Crippen LogP contribution in [0.15, 0.2) is 27.8 Å². The van der Waals surface area contributed by atoms with Gasteiger partial charge in [0.25, 0.3) is 10.0 Å². The maximum atomic E-state index is 12.4. The van der Waals surface area contributed by atoms with Crippen LogP contribution in [0, 0.1) is 0 Å². The van der Waals surface area contributed by atoms with Gasteiger partial charge >= 0.3 is 5.97 Å². The molecule has 1 saturated heterocycles. The molecule has 1 aliphatic heterocycles. The second-order valence-electron chi connectivity index (χ2n) is 4.28. The first-order valence-electron chi connectivity index (χ1n) is 5.79. The summed E-state index contributed by atoms with van der Waals surface area (Å²) in [5, 5.41) is 9.01. The minimum absolute atomic E-state index is 0.121. The predicted molar refractivity (Wildman–Crippen MR) is 71.1 cm³/mol. The van der Waals surface area contributed by atoms with Crippen molar-refractivity contribution in [3.63, 3.8) is 0 Å². The molecule has 0 aliphatic carbocycles. The van der Waals surface area contributed by atoms with Crippen molar-refractivity contribution in [2.24, 2.45) is 0 Å². The van der Waals surface area contributed by atoms with Crippen LogP contribution in [0.25, 0.3) is 0 Å². The summed E-state index contributed by atoms with van der Waals surface area (Å²) in [6, 6.07) is 1.94. The van der Waals surface area contributed by atoms with Gasteiger partial charge in [0.2, 0.25) is 0 Å². The minimum Gasteiger partial charge on any atom is -0.480 e. The molecule has 19 heavy (non-hydrogen) atoms. The topological polar surface area (TPSA) is 87.6 Å². The Kier molecular flexibility index (Phi) is 4.22. The molecule has 6 nitrogen and oxygen atoms in total. The van der Waals surface area contributed by atoms with Crippen molar-refractivity contribution in [3.8, 4) is 0 Å². The zero-order valence-corrected chi connectivity index (χ0v) is 12.4. The molecule has 0 amide bonds. The molecule has 0 saturated carbocycles. The van der Waals surface area contributed by atoms with Crippen LogP contribution in [0.5, 0.6) is 0 Å². The fourth-order valence-electron chi connectivity index (χ4n) is 2.07. The van der Waals surface area contributed by atoms with Gasteiger partial charge in [-0.05, 0) is 47.3 Å². The van der Waals surface area contributed by atoms with Crippen molar-refractivity contribution in [1.82, 2.24) is 9.29 Å². The van der Waals surface area contributed by atoms with Gasteiger partial charge < -0.3 is 5.11 Å². The van der Waals surface area contributed by atoms with Gasteiger partial charge in [0, 0.05) is 17.2 Å². The highest BCUT2D eigenvalue weighted by Crippen LogP contribution is 2.25. The third-order valence-electron chi connectivity index (χ3n) is 3.01. The molecular weight excluding hydrogens is 336 g/mol. The number of piperidine rings is 1. The summed E-state index contributed by atoms with van der Waals surface area (Å²) < 4.78 is 26.5. The monoisotopic (exact) mass is 348 g/mol. The number of halogens is 1. The molecule has 1 aromatic heterocycles. The van der Waals surface area contributed by atoms with E-state index in [-0.39, 0.29) is 11.6 Å². The number of sulfonamides is 1. The predicted octanol–water partition coefficient (Wildman–Crippen LogP) is 1.47. The van der Waals surface area contributed by atoms with Crippen LogP contribution in [-0.4, -0.2) is 41.4 Å². The third-order valence-corrected chi connectivity index (χ3v) is 5.31. The zero-order valence-electron chi connectivity index (χ0n) is 9.99. The maximum Gasteiger partial charge on any atom is 0.322 e. The number of carboxylic acids is 1. The van der Waals surface area contributed by atoms with Crippen molar-refractivity contribution < 1.29 is 18.3 Å². The molecule has 104 valence electrons. The summed E-state index contributed by atoms with van der Waals surface area (Å²) in [4.78, 5) is 15.0. The molecule has 1 atom stereocenters. The Morgan fingerprint density at radius 3 is 2.74 bits per heavy atom. The van der Waals surface area contributed by atoms with Crippen LogP contribution < -0.4 is 0 Å². The molecule has 1 unspecified atom stereocenters. The minimum atomic E-state index is -3.85. The summed E-state index contributed by atoms with van der Waals surface area (Å²) in [5.74, 6) is -1.11. The number of aromatic nitrogens is 1. The number of pyridine rings is 1. The van der Waals surface area contributed by atoms with E-state index in [2.05, 4.69) is 20.9 Å². The average Bonchev–Trinajstić information content (AvgIpc) is 2.39. The normalized spacial score (nSPS) is 21.2. The van der Waals surface area contributed by atoms with Crippen molar-refractivity contribution in [2.45, 2.75) is 30.3 Å². The van der Waals surface area contributed by atoms with Gasteiger partial charge in [-0.15, -0.1) is 0 Å². The molecule has 1 aliphatic rings. The molecule has 1 fully saturated rings. The highest BCUT2D eigenvalue weighted by Gasteiger charge is 2.38. The first kappa shape index (κ1) is 14.4. The first-order chi connectivity index (χ1) is 8.93. The second-order valence-corrected chi connectivity index (χ2v) is 7.03. The number of hydrogen-bond donors (Lipinski definition) is 1. The van der Waals surface area contributed by atoms with Gasteiger partial charge in [-0.25, -0.2) is 13.4 Å². The SMILES string of the molecule is O=C(O)C1CCCCN1S(=O)(=O)c1ccc(Br)cn1. The molecule has 0 bridgehead atoms. The lowest BCUT2D eigenvalue weighted by Gasteiger charge is -2.31. The molecule has 0 radical (unpaired) electrons. The van der Waals surface area contributed by atoms with Gasteiger partial charge in [-0.1, -0.05) is 0 Å². The number of aliphatic carboxylic acids is 1. The largest absolute Gasteiger partial charge is 0.480 e. The van der Waals surface area contributed by atoms with Gasteiger partial charge in [0.05, 0.1) is 0 Å². The van der Waals surface area contributed by atoms with Crippen LogP contribution >= 0.6 is 15.9 Å². The smallest absolute Gasteiger partial charge is 0.322 e. The Morgan fingerprint density at radius 2 is 2.16 bits per heavy atom. The number of carboxylic acid groups (broad SMARTS) is 1. The lowest BCUT2D eigenvalue weighted by molar-refractivity contribution is -0.142. The van der Waals surface area contributed by atoms with Crippen LogP contribution in [0.4, 0.5) is 0 Å². The third kappa shape index (κ3) is 2.96. The van der Waals surface area contributed by atoms with E-state index in [1.165, 1.54) is 12.3 Å². The number of hydrogen-bond acceptors (Lipinski definition) is 4. The molecule has 1 N–H and O–H groups in total. The lowest BCUT2D eigenvalue weighted by atomic mass is 10.1. The Bertz CT molecular complexity index is 573. The number of rotatable bonds is 3. The van der Waals surface area contributed by atoms with E-state index in [1.54, 1.807) is 6.07 Å². The summed E-state index contributed by atoms with van der Waals surface area (Å²) in [6.07, 6.45) is 3.11. The summed E-state index contributed by atoms with van der Waals surface area (Å²) in [7, 11) is -3.85. The molecular formula is C11H13BrN2O4S. The van der Waals surface area contributed by atoms with Gasteiger partial charge in [-0.2, -0.15) is 4.31 Å². The Morgan fingerprint density at radius 1 is 1.42 bits per heavy atom.